The molecular weight excluding hydrogens is 210 g/mol. The van der Waals surface area contributed by atoms with Gasteiger partial charge in [-0.05, 0) is 0 Å². The molecule has 2 rings (SSSR count). The first kappa shape index (κ1) is 9.85. The van der Waals surface area contributed by atoms with Gasteiger partial charge in [0.05, 0.1) is 12.7 Å². The summed E-state index contributed by atoms with van der Waals surface area (Å²) in [6.45, 7) is 0.681. The molecule has 6 heteroatoms. The molecule has 0 fully saturated rings. The molecule has 15 heavy (non-hydrogen) atoms. The molecule has 2 aromatic rings. The van der Waals surface area contributed by atoms with E-state index in [1.165, 1.54) is 0 Å². The zero-order valence-electron chi connectivity index (χ0n) is 8.29. The minimum absolute atomic E-state index is 0.309. The lowest BCUT2D eigenvalue weighted by Crippen LogP contribution is -2.17. The van der Waals surface area contributed by atoms with Crippen LogP contribution in [0.4, 0.5) is 0 Å². The topological polar surface area (TPSA) is 61.7 Å². The summed E-state index contributed by atoms with van der Waals surface area (Å²) < 4.78 is 3.66. The summed E-state index contributed by atoms with van der Waals surface area (Å²) in [5.74, 6) is 0.633. The van der Waals surface area contributed by atoms with E-state index >= 15 is 0 Å². The quantitative estimate of drug-likeness (QED) is 0.757. The summed E-state index contributed by atoms with van der Waals surface area (Å²) in [6, 6.07) is 0. The largest absolute Gasteiger partial charge is 0.387 e. The van der Waals surface area contributed by atoms with Crippen LogP contribution < -0.4 is 5.73 Å². The summed E-state index contributed by atoms with van der Waals surface area (Å²) in [5.41, 5.74) is 6.64. The van der Waals surface area contributed by atoms with Gasteiger partial charge in [-0.1, -0.05) is 12.2 Å². The zero-order chi connectivity index (χ0) is 10.8. The summed E-state index contributed by atoms with van der Waals surface area (Å²) in [4.78, 5) is 4.40. The monoisotopic (exact) mass is 221 g/mol. The van der Waals surface area contributed by atoms with Gasteiger partial charge in [-0.25, -0.2) is 4.98 Å². The SMILES string of the molecule is Cn1cc(Cn2ccnc2C(N)=S)cn1. The van der Waals surface area contributed by atoms with Gasteiger partial charge < -0.3 is 10.3 Å². The van der Waals surface area contributed by atoms with Gasteiger partial charge in [0.25, 0.3) is 0 Å². The van der Waals surface area contributed by atoms with Gasteiger partial charge in [0.1, 0.15) is 4.99 Å². The van der Waals surface area contributed by atoms with Crippen molar-refractivity contribution in [2.24, 2.45) is 12.8 Å². The molecule has 2 N–H and O–H groups in total. The highest BCUT2D eigenvalue weighted by Gasteiger charge is 2.06. The minimum atomic E-state index is 0.309. The molecule has 0 saturated heterocycles. The number of thiocarbonyl (C=S) groups is 1. The van der Waals surface area contributed by atoms with Gasteiger partial charge in [-0.15, -0.1) is 0 Å². The number of nitrogens with zero attached hydrogens (tertiary/aromatic N) is 4. The van der Waals surface area contributed by atoms with Crippen LogP contribution in [0.3, 0.4) is 0 Å². The third-order valence-electron chi connectivity index (χ3n) is 2.05. The number of aryl methyl sites for hydroxylation is 1. The molecule has 0 aliphatic heterocycles. The molecule has 0 radical (unpaired) electrons. The molecule has 0 amide bonds. The molecule has 0 unspecified atom stereocenters. The van der Waals surface area contributed by atoms with E-state index in [1.54, 1.807) is 10.9 Å². The Labute approximate surface area is 92.5 Å². The molecule has 0 aliphatic rings. The van der Waals surface area contributed by atoms with E-state index < -0.39 is 0 Å². The Morgan fingerprint density at radius 3 is 3.00 bits per heavy atom. The normalized spacial score (nSPS) is 10.5. The molecule has 0 bridgehead atoms. The van der Waals surface area contributed by atoms with E-state index in [1.807, 2.05) is 30.2 Å². The van der Waals surface area contributed by atoms with E-state index in [0.29, 0.717) is 17.4 Å². The van der Waals surface area contributed by atoms with Crippen LogP contribution in [0.5, 0.6) is 0 Å². The van der Waals surface area contributed by atoms with Crippen LogP contribution in [-0.4, -0.2) is 24.3 Å². The molecular formula is C9H11N5S. The van der Waals surface area contributed by atoms with Crippen LogP contribution in [0.2, 0.25) is 0 Å². The lowest BCUT2D eigenvalue weighted by atomic mass is 10.3. The van der Waals surface area contributed by atoms with Crippen molar-refractivity contribution < 1.29 is 0 Å². The summed E-state index contributed by atoms with van der Waals surface area (Å²) in [6.07, 6.45) is 7.29. The van der Waals surface area contributed by atoms with Crippen molar-refractivity contribution >= 4 is 17.2 Å². The predicted octanol–water partition coefficient (Wildman–Crippen LogP) is 0.299. The van der Waals surface area contributed by atoms with Gasteiger partial charge >= 0.3 is 0 Å². The number of hydrogen-bond donors (Lipinski definition) is 1. The van der Waals surface area contributed by atoms with Gasteiger partial charge in [0.2, 0.25) is 0 Å². The molecule has 0 saturated carbocycles. The maximum atomic E-state index is 5.55. The fraction of sp³-hybridized carbons (Fsp3) is 0.222. The first-order chi connectivity index (χ1) is 7.16. The van der Waals surface area contributed by atoms with Crippen LogP contribution in [-0.2, 0) is 13.6 Å². The molecule has 0 atom stereocenters. The number of imidazole rings is 1. The van der Waals surface area contributed by atoms with Crippen molar-refractivity contribution in [3.05, 3.63) is 36.2 Å². The average molecular weight is 221 g/mol. The predicted molar refractivity (Wildman–Crippen MR) is 60.4 cm³/mol. The number of aromatic nitrogens is 4. The minimum Gasteiger partial charge on any atom is -0.387 e. The number of hydrogen-bond acceptors (Lipinski definition) is 3. The van der Waals surface area contributed by atoms with Crippen molar-refractivity contribution in [2.75, 3.05) is 0 Å². The Hall–Kier alpha value is -1.69. The highest BCUT2D eigenvalue weighted by Crippen LogP contribution is 2.04. The second-order valence-electron chi connectivity index (χ2n) is 3.27. The van der Waals surface area contributed by atoms with E-state index in [2.05, 4.69) is 10.1 Å². The van der Waals surface area contributed by atoms with Crippen LogP contribution in [0.15, 0.2) is 24.8 Å². The van der Waals surface area contributed by atoms with Gasteiger partial charge in [0.15, 0.2) is 5.82 Å². The van der Waals surface area contributed by atoms with Crippen LogP contribution >= 0.6 is 12.2 Å². The molecule has 0 aliphatic carbocycles. The van der Waals surface area contributed by atoms with E-state index in [4.69, 9.17) is 18.0 Å². The molecule has 78 valence electrons. The summed E-state index contributed by atoms with van der Waals surface area (Å²) in [5, 5.41) is 4.09. The third-order valence-corrected chi connectivity index (χ3v) is 2.23. The van der Waals surface area contributed by atoms with Gasteiger partial charge in [0, 0.05) is 31.2 Å². The fourth-order valence-corrected chi connectivity index (χ4v) is 1.58. The van der Waals surface area contributed by atoms with Crippen molar-refractivity contribution in [1.29, 1.82) is 0 Å². The van der Waals surface area contributed by atoms with E-state index in [-0.39, 0.29) is 0 Å². The Balaban J connectivity index is 2.24. The van der Waals surface area contributed by atoms with Crippen LogP contribution in [0.1, 0.15) is 11.4 Å². The second-order valence-corrected chi connectivity index (χ2v) is 3.71. The highest BCUT2D eigenvalue weighted by atomic mass is 32.1. The highest BCUT2D eigenvalue weighted by molar-refractivity contribution is 7.80. The average Bonchev–Trinajstić information content (AvgIpc) is 2.75. The lowest BCUT2D eigenvalue weighted by molar-refractivity contribution is 0.760. The van der Waals surface area contributed by atoms with Gasteiger partial charge in [-0.2, -0.15) is 5.10 Å². The van der Waals surface area contributed by atoms with Crippen molar-refractivity contribution in [2.45, 2.75) is 6.54 Å². The van der Waals surface area contributed by atoms with Crippen molar-refractivity contribution in [3.63, 3.8) is 0 Å². The van der Waals surface area contributed by atoms with Crippen molar-refractivity contribution in [1.82, 2.24) is 19.3 Å². The Morgan fingerprint density at radius 1 is 1.60 bits per heavy atom. The molecule has 0 aromatic carbocycles. The van der Waals surface area contributed by atoms with Crippen LogP contribution in [0.25, 0.3) is 0 Å². The summed E-state index contributed by atoms with van der Waals surface area (Å²) >= 11 is 4.90. The van der Waals surface area contributed by atoms with Gasteiger partial charge in [-0.3, -0.25) is 4.68 Å². The second kappa shape index (κ2) is 3.82. The van der Waals surface area contributed by atoms with E-state index in [9.17, 15) is 0 Å². The molecule has 5 nitrogen and oxygen atoms in total. The first-order valence-electron chi connectivity index (χ1n) is 4.45. The number of rotatable bonds is 3. The maximum absolute atomic E-state index is 5.55. The lowest BCUT2D eigenvalue weighted by Gasteiger charge is -2.03. The standard InChI is InChI=1S/C9H11N5S/c1-13-5-7(4-12-13)6-14-3-2-11-9(14)8(10)15/h2-5H,6H2,1H3,(H2,10,15). The zero-order valence-corrected chi connectivity index (χ0v) is 9.11. The first-order valence-corrected chi connectivity index (χ1v) is 4.86. The van der Waals surface area contributed by atoms with E-state index in [0.717, 1.165) is 5.56 Å². The Morgan fingerprint density at radius 2 is 2.40 bits per heavy atom. The molecule has 2 aromatic heterocycles. The van der Waals surface area contributed by atoms with Crippen LogP contribution in [0, 0.1) is 0 Å². The fourth-order valence-electron chi connectivity index (χ4n) is 1.41. The third kappa shape index (κ3) is 2.04. The number of nitrogens with two attached hydrogens (primary N) is 1. The Kier molecular flexibility index (Phi) is 2.51. The maximum Gasteiger partial charge on any atom is 0.167 e. The molecule has 2 heterocycles. The smallest absolute Gasteiger partial charge is 0.167 e. The molecule has 0 spiro atoms. The Bertz CT molecular complexity index is 484. The van der Waals surface area contributed by atoms with Crippen molar-refractivity contribution in [3.8, 4) is 0 Å². The summed E-state index contributed by atoms with van der Waals surface area (Å²) in [7, 11) is 1.88.